The molecule has 0 saturated heterocycles. The van der Waals surface area contributed by atoms with E-state index in [0.717, 1.165) is 66.3 Å². The molecular weight excluding hydrogens is 698 g/mol. The molecule has 41 heavy (non-hydrogen) atoms. The average molecular weight is 720 g/mol. The van der Waals surface area contributed by atoms with Crippen LogP contribution in [0.25, 0.3) is 65.6 Å². The molecule has 0 aliphatic rings. The van der Waals surface area contributed by atoms with Crippen LogP contribution >= 0.6 is 0 Å². The van der Waals surface area contributed by atoms with Crippen molar-refractivity contribution in [1.82, 2.24) is 9.97 Å². The van der Waals surface area contributed by atoms with Gasteiger partial charge in [0.2, 0.25) is 0 Å². The van der Waals surface area contributed by atoms with E-state index >= 15 is 0 Å². The van der Waals surface area contributed by atoms with Gasteiger partial charge in [0.25, 0.3) is 0 Å². The van der Waals surface area contributed by atoms with E-state index in [4.69, 9.17) is 4.98 Å². The first kappa shape index (κ1) is 27.1. The van der Waals surface area contributed by atoms with E-state index in [0.29, 0.717) is 5.39 Å². The molecule has 7 rings (SSSR count). The summed E-state index contributed by atoms with van der Waals surface area (Å²) in [4.78, 5) is 8.79. The maximum atomic E-state index is 13.6. The molecule has 1 radical (unpaired) electrons. The molecule has 0 bridgehead atoms. The molecule has 0 N–H and O–H groups in total. The minimum atomic E-state index is -4.47. The average Bonchev–Trinajstić information content (AvgIpc) is 2.94. The second-order valence-electron chi connectivity index (χ2n) is 10.2. The van der Waals surface area contributed by atoms with Crippen LogP contribution in [0.15, 0.2) is 97.3 Å². The molecule has 0 unspecified atom stereocenters. The van der Waals surface area contributed by atoms with Crippen LogP contribution in [0, 0.1) is 19.9 Å². The van der Waals surface area contributed by atoms with Crippen molar-refractivity contribution in [3.63, 3.8) is 0 Å². The Balaban J connectivity index is 0.00000302. The van der Waals surface area contributed by atoms with Gasteiger partial charge in [-0.2, -0.15) is 13.2 Å². The zero-order chi connectivity index (χ0) is 27.6. The Morgan fingerprint density at radius 1 is 0.659 bits per heavy atom. The van der Waals surface area contributed by atoms with Crippen LogP contribution < -0.4 is 0 Å². The van der Waals surface area contributed by atoms with Gasteiger partial charge in [-0.15, -0.1) is 34.9 Å². The fraction of sp³-hybridized carbons (Fsp3) is 0.0857. The molecule has 0 amide bonds. The summed E-state index contributed by atoms with van der Waals surface area (Å²) in [5, 5.41) is 6.97. The van der Waals surface area contributed by atoms with E-state index in [-0.39, 0.29) is 25.6 Å². The molecule has 203 valence electrons. The van der Waals surface area contributed by atoms with E-state index in [9.17, 15) is 13.2 Å². The van der Waals surface area contributed by atoms with Crippen molar-refractivity contribution >= 4 is 43.2 Å². The number of aryl methyl sites for hydroxylation is 2. The summed E-state index contributed by atoms with van der Waals surface area (Å²) in [6, 6.07) is 30.3. The van der Waals surface area contributed by atoms with Gasteiger partial charge in [-0.3, -0.25) is 4.98 Å². The van der Waals surface area contributed by atoms with Crippen molar-refractivity contribution in [2.45, 2.75) is 20.0 Å². The van der Waals surface area contributed by atoms with Crippen molar-refractivity contribution in [1.29, 1.82) is 0 Å². The molecule has 0 spiro atoms. The Kier molecular flexibility index (Phi) is 6.64. The number of rotatable bonds is 2. The van der Waals surface area contributed by atoms with Crippen LogP contribution in [0.4, 0.5) is 13.2 Å². The van der Waals surface area contributed by atoms with Gasteiger partial charge in [-0.25, -0.2) is 0 Å². The van der Waals surface area contributed by atoms with Crippen LogP contribution in [0.1, 0.15) is 16.7 Å². The number of fused-ring (bicyclic) bond motifs is 6. The molecule has 0 aliphatic carbocycles. The van der Waals surface area contributed by atoms with Crippen molar-refractivity contribution in [2.75, 3.05) is 0 Å². The van der Waals surface area contributed by atoms with Crippen LogP contribution in [-0.4, -0.2) is 9.97 Å². The number of hydrogen-bond acceptors (Lipinski definition) is 2. The predicted octanol–water partition coefficient (Wildman–Crippen LogP) is 9.86. The number of benzene rings is 5. The number of hydrogen-bond donors (Lipinski definition) is 0. The standard InChI is InChI=1S/C35H22F3N2.Ir/c1-20-16-21(2)18-24(17-20)33-31-10-9-27-25-7-5-23(19-22(25)6-8-28(27)29(31)13-15-40-33)26-11-12-32(35(36,37)38)34-30(26)4-3-14-39-34;/h3-17,19H,1-2H3;/q-1;. The van der Waals surface area contributed by atoms with Crippen molar-refractivity contribution in [3.05, 3.63) is 120 Å². The van der Waals surface area contributed by atoms with Crippen molar-refractivity contribution < 1.29 is 33.3 Å². The molecule has 5 aromatic carbocycles. The van der Waals surface area contributed by atoms with E-state index < -0.39 is 11.7 Å². The smallest absolute Gasteiger partial charge is 0.304 e. The number of pyridine rings is 2. The Morgan fingerprint density at radius 2 is 1.39 bits per heavy atom. The third-order valence-electron chi connectivity index (χ3n) is 7.55. The molecule has 0 saturated carbocycles. The largest absolute Gasteiger partial charge is 0.418 e. The molecule has 0 atom stereocenters. The predicted molar refractivity (Wildman–Crippen MR) is 156 cm³/mol. The van der Waals surface area contributed by atoms with E-state index in [1.807, 2.05) is 31.3 Å². The first-order chi connectivity index (χ1) is 19.3. The minimum Gasteiger partial charge on any atom is -0.304 e. The Morgan fingerprint density at radius 3 is 2.20 bits per heavy atom. The van der Waals surface area contributed by atoms with Crippen molar-refractivity contribution in [2.24, 2.45) is 0 Å². The summed E-state index contributed by atoms with van der Waals surface area (Å²) in [6.07, 6.45) is -1.22. The Labute approximate surface area is 248 Å². The third kappa shape index (κ3) is 4.57. The maximum Gasteiger partial charge on any atom is 0.418 e. The number of nitrogens with zero attached hydrogens (tertiary/aromatic N) is 2. The second kappa shape index (κ2) is 10.1. The first-order valence-electron chi connectivity index (χ1n) is 13.0. The molecule has 2 aromatic heterocycles. The van der Waals surface area contributed by atoms with Gasteiger partial charge in [-0.1, -0.05) is 62.4 Å². The van der Waals surface area contributed by atoms with Crippen LogP contribution in [0.2, 0.25) is 0 Å². The molecule has 2 nitrogen and oxygen atoms in total. The monoisotopic (exact) mass is 720 g/mol. The number of alkyl halides is 3. The Bertz CT molecular complexity index is 2110. The molecule has 0 aliphatic heterocycles. The van der Waals surface area contributed by atoms with Crippen molar-refractivity contribution in [3.8, 4) is 22.4 Å². The summed E-state index contributed by atoms with van der Waals surface area (Å²) < 4.78 is 40.9. The van der Waals surface area contributed by atoms with Crippen LogP contribution in [0.3, 0.4) is 0 Å². The molecule has 6 heteroatoms. The van der Waals surface area contributed by atoms with Gasteiger partial charge in [-0.05, 0) is 73.4 Å². The molecule has 2 heterocycles. The zero-order valence-electron chi connectivity index (χ0n) is 22.1. The topological polar surface area (TPSA) is 25.8 Å². The normalized spacial score (nSPS) is 11.8. The summed E-state index contributed by atoms with van der Waals surface area (Å²) in [6.45, 7) is 4.12. The number of halogens is 3. The first-order valence-corrected chi connectivity index (χ1v) is 13.0. The fourth-order valence-electron chi connectivity index (χ4n) is 5.87. The SMILES string of the molecule is Cc1[c-]c(-c2nccc3c2ccc2c4ccc(-c5ccc(C(F)(F)F)c6ncccc56)cc4ccc32)cc(C)c1.[Ir]. The summed E-state index contributed by atoms with van der Waals surface area (Å²) in [5.74, 6) is 0. The quantitative estimate of drug-likeness (QED) is 0.131. The van der Waals surface area contributed by atoms with Gasteiger partial charge < -0.3 is 4.98 Å². The molecule has 7 aromatic rings. The van der Waals surface area contributed by atoms with E-state index in [1.54, 1.807) is 18.2 Å². The Hall–Kier alpha value is -4.12. The fourth-order valence-corrected chi connectivity index (χ4v) is 5.87. The number of aromatic nitrogens is 2. The van der Waals surface area contributed by atoms with Crippen LogP contribution in [-0.2, 0) is 26.3 Å². The summed E-state index contributed by atoms with van der Waals surface area (Å²) in [7, 11) is 0. The van der Waals surface area contributed by atoms with Gasteiger partial charge >= 0.3 is 6.18 Å². The third-order valence-corrected chi connectivity index (χ3v) is 7.55. The van der Waals surface area contributed by atoms with Gasteiger partial charge in [0.15, 0.2) is 0 Å². The molecule has 0 fully saturated rings. The second-order valence-corrected chi connectivity index (χ2v) is 10.2. The molecular formula is C35H22F3IrN2-. The van der Waals surface area contributed by atoms with Gasteiger partial charge in [0.05, 0.1) is 11.1 Å². The maximum absolute atomic E-state index is 13.6. The van der Waals surface area contributed by atoms with E-state index in [1.165, 1.54) is 11.8 Å². The zero-order valence-corrected chi connectivity index (χ0v) is 24.5. The van der Waals surface area contributed by atoms with Crippen LogP contribution in [0.5, 0.6) is 0 Å². The van der Waals surface area contributed by atoms with Gasteiger partial charge in [0.1, 0.15) is 0 Å². The van der Waals surface area contributed by atoms with Gasteiger partial charge in [0, 0.05) is 37.9 Å². The summed E-state index contributed by atoms with van der Waals surface area (Å²) in [5.41, 5.74) is 4.93. The van der Waals surface area contributed by atoms with E-state index in [2.05, 4.69) is 60.4 Å². The summed E-state index contributed by atoms with van der Waals surface area (Å²) >= 11 is 0. The minimum absolute atomic E-state index is 0.